The Morgan fingerprint density at radius 1 is 1.31 bits per heavy atom. The summed E-state index contributed by atoms with van der Waals surface area (Å²) in [6, 6.07) is 4.28. The third-order valence-corrected chi connectivity index (χ3v) is 4.84. The summed E-state index contributed by atoms with van der Waals surface area (Å²) in [6.07, 6.45) is 3.10. The number of carbonyl (C=O) groups excluding carboxylic acids is 1. The molecule has 0 spiro atoms. The van der Waals surface area contributed by atoms with E-state index in [1.165, 1.54) is 24.5 Å². The van der Waals surface area contributed by atoms with Gasteiger partial charge in [-0.3, -0.25) is 9.59 Å². The lowest BCUT2D eigenvalue weighted by atomic mass is 9.95. The fraction of sp³-hybridized carbons (Fsp3) is 0.286. The van der Waals surface area contributed by atoms with Gasteiger partial charge in [0, 0.05) is 28.9 Å². The average molecular weight is 393 g/mol. The van der Waals surface area contributed by atoms with E-state index in [2.05, 4.69) is 20.3 Å². The maximum absolute atomic E-state index is 14.1. The van der Waals surface area contributed by atoms with Crippen LogP contribution >= 0.6 is 0 Å². The molecule has 0 radical (unpaired) electrons. The van der Waals surface area contributed by atoms with Crippen LogP contribution in [0.5, 0.6) is 0 Å². The summed E-state index contributed by atoms with van der Waals surface area (Å²) >= 11 is 0. The largest absolute Gasteiger partial charge is 0.346 e. The molecule has 3 aromatic rings. The second-order valence-electron chi connectivity index (χ2n) is 6.77. The molecule has 0 unspecified atom stereocenters. The number of H-pyrrole nitrogens is 1. The second-order valence-corrected chi connectivity index (χ2v) is 6.77. The van der Waals surface area contributed by atoms with Crippen molar-refractivity contribution in [2.24, 2.45) is 0 Å². The number of pyridine rings is 1. The molecule has 2 aromatic heterocycles. The van der Waals surface area contributed by atoms with E-state index in [1.54, 1.807) is 13.8 Å². The number of halogens is 1. The van der Waals surface area contributed by atoms with Crippen molar-refractivity contribution in [3.05, 3.63) is 68.8 Å². The Hall–Kier alpha value is -3.60. The highest BCUT2D eigenvalue weighted by molar-refractivity contribution is 5.88. The minimum absolute atomic E-state index is 0.148. The highest BCUT2D eigenvalue weighted by Gasteiger charge is 2.19. The van der Waals surface area contributed by atoms with Gasteiger partial charge in [-0.15, -0.1) is 0 Å². The number of nitrogens with zero attached hydrogens (tertiary/aromatic N) is 3. The van der Waals surface area contributed by atoms with E-state index in [0.717, 1.165) is 0 Å². The molecule has 1 aromatic carbocycles. The lowest BCUT2D eigenvalue weighted by molar-refractivity contribution is -0.121. The predicted molar refractivity (Wildman–Crippen MR) is 106 cm³/mol. The molecule has 148 valence electrons. The number of aromatic nitrogens is 3. The van der Waals surface area contributed by atoms with Gasteiger partial charge in [0.15, 0.2) is 0 Å². The zero-order valence-electron chi connectivity index (χ0n) is 16.3. The van der Waals surface area contributed by atoms with Crippen molar-refractivity contribution in [3.8, 4) is 6.07 Å². The van der Waals surface area contributed by atoms with E-state index in [4.69, 9.17) is 5.26 Å². The summed E-state index contributed by atoms with van der Waals surface area (Å²) in [4.78, 5) is 36.0. The van der Waals surface area contributed by atoms with Crippen LogP contribution in [0, 0.1) is 24.1 Å². The number of aryl methyl sites for hydroxylation is 2. The molecule has 0 aliphatic rings. The summed E-state index contributed by atoms with van der Waals surface area (Å²) in [5.74, 6) is -0.376. The van der Waals surface area contributed by atoms with E-state index in [1.807, 2.05) is 13.0 Å². The number of nitriles is 1. The normalized spacial score (nSPS) is 11.8. The van der Waals surface area contributed by atoms with E-state index in [9.17, 15) is 14.0 Å². The number of amides is 1. The summed E-state index contributed by atoms with van der Waals surface area (Å²) in [5, 5.41) is 12.2. The summed E-state index contributed by atoms with van der Waals surface area (Å²) in [5.41, 5.74) is 1.94. The molecule has 1 atom stereocenters. The van der Waals surface area contributed by atoms with Crippen molar-refractivity contribution in [3.63, 3.8) is 0 Å². The van der Waals surface area contributed by atoms with E-state index in [0.29, 0.717) is 45.4 Å². The quantitative estimate of drug-likeness (QED) is 0.692. The highest BCUT2D eigenvalue weighted by Crippen LogP contribution is 2.25. The van der Waals surface area contributed by atoms with Gasteiger partial charge < -0.3 is 10.3 Å². The first-order valence-corrected chi connectivity index (χ1v) is 9.19. The van der Waals surface area contributed by atoms with Gasteiger partial charge in [0.2, 0.25) is 5.91 Å². The zero-order chi connectivity index (χ0) is 21.1. The Bertz CT molecular complexity index is 1180. The number of rotatable bonds is 5. The van der Waals surface area contributed by atoms with Crippen LogP contribution in [0.1, 0.15) is 48.0 Å². The fourth-order valence-corrected chi connectivity index (χ4v) is 3.38. The average Bonchev–Trinajstić information content (AvgIpc) is 2.71. The maximum Gasteiger partial charge on any atom is 0.252 e. The Labute approximate surface area is 166 Å². The van der Waals surface area contributed by atoms with Crippen molar-refractivity contribution in [1.82, 2.24) is 20.3 Å². The molecule has 0 saturated heterocycles. The number of nitrogens with one attached hydrogen (secondary N) is 2. The van der Waals surface area contributed by atoms with Crippen LogP contribution in [0.25, 0.3) is 10.9 Å². The molecule has 29 heavy (non-hydrogen) atoms. The minimum atomic E-state index is -0.501. The van der Waals surface area contributed by atoms with Crippen molar-refractivity contribution >= 4 is 16.8 Å². The smallest absolute Gasteiger partial charge is 0.252 e. The van der Waals surface area contributed by atoms with E-state index in [-0.39, 0.29) is 23.7 Å². The van der Waals surface area contributed by atoms with Crippen molar-refractivity contribution in [2.45, 2.75) is 39.7 Å². The first kappa shape index (κ1) is 20.1. The molecule has 0 saturated carbocycles. The molecule has 0 fully saturated rings. The molecule has 8 heteroatoms. The SMILES string of the molecule is CCc1c(CC(=O)N[C@@H](C)c2ncc(C#N)cn2)c(=O)[nH]c2ccc(F)c(C)c12. The third-order valence-electron chi connectivity index (χ3n) is 4.84. The van der Waals surface area contributed by atoms with Crippen molar-refractivity contribution in [2.75, 3.05) is 0 Å². The summed E-state index contributed by atoms with van der Waals surface area (Å²) < 4.78 is 14.1. The molecular weight excluding hydrogens is 373 g/mol. The minimum Gasteiger partial charge on any atom is -0.346 e. The van der Waals surface area contributed by atoms with Gasteiger partial charge in [0.1, 0.15) is 17.7 Å². The molecule has 7 nitrogen and oxygen atoms in total. The topological polar surface area (TPSA) is 112 Å². The van der Waals surface area contributed by atoms with Gasteiger partial charge in [-0.05, 0) is 43.5 Å². The Kier molecular flexibility index (Phi) is 5.69. The number of fused-ring (bicyclic) bond motifs is 1. The Morgan fingerprint density at radius 2 is 2.00 bits per heavy atom. The molecule has 2 heterocycles. The van der Waals surface area contributed by atoms with Crippen molar-refractivity contribution in [1.29, 1.82) is 5.26 Å². The second kappa shape index (κ2) is 8.19. The molecule has 0 aliphatic heterocycles. The first-order chi connectivity index (χ1) is 13.8. The summed E-state index contributed by atoms with van der Waals surface area (Å²) in [6.45, 7) is 5.24. The predicted octanol–water partition coefficient (Wildman–Crippen LogP) is 2.62. The van der Waals surface area contributed by atoms with Crippen LogP contribution in [0.3, 0.4) is 0 Å². The van der Waals surface area contributed by atoms with Crippen LogP contribution in [0.4, 0.5) is 4.39 Å². The lowest BCUT2D eigenvalue weighted by Gasteiger charge is -2.15. The molecule has 2 N–H and O–H groups in total. The number of benzene rings is 1. The molecule has 0 aliphatic carbocycles. The van der Waals surface area contributed by atoms with Gasteiger partial charge in [0.05, 0.1) is 18.0 Å². The van der Waals surface area contributed by atoms with Gasteiger partial charge >= 0.3 is 0 Å². The third kappa shape index (κ3) is 3.99. The van der Waals surface area contributed by atoms with Gasteiger partial charge in [0.25, 0.3) is 5.56 Å². The summed E-state index contributed by atoms with van der Waals surface area (Å²) in [7, 11) is 0. The number of hydrogen-bond donors (Lipinski definition) is 2. The van der Waals surface area contributed by atoms with Crippen LogP contribution in [-0.4, -0.2) is 20.9 Å². The fourth-order valence-electron chi connectivity index (χ4n) is 3.38. The van der Waals surface area contributed by atoms with E-state index >= 15 is 0 Å². The van der Waals surface area contributed by atoms with Gasteiger partial charge in [-0.2, -0.15) is 5.26 Å². The maximum atomic E-state index is 14.1. The first-order valence-electron chi connectivity index (χ1n) is 9.19. The highest BCUT2D eigenvalue weighted by atomic mass is 19.1. The molecule has 1 amide bonds. The zero-order valence-corrected chi connectivity index (χ0v) is 16.3. The monoisotopic (exact) mass is 393 g/mol. The lowest BCUT2D eigenvalue weighted by Crippen LogP contribution is -2.31. The van der Waals surface area contributed by atoms with E-state index < -0.39 is 6.04 Å². The van der Waals surface area contributed by atoms with Crippen LogP contribution in [0.2, 0.25) is 0 Å². The number of aromatic amines is 1. The number of carbonyl (C=O) groups is 1. The standard InChI is InChI=1S/C21H20FN5O2/c1-4-14-15(21(29)27-17-6-5-16(22)11(2)19(14)17)7-18(28)26-12(3)20-24-9-13(8-23)10-25-20/h5-6,9-10,12H,4,7H2,1-3H3,(H,26,28)(H,27,29)/t12-/m0/s1. The van der Waals surface area contributed by atoms with Crippen molar-refractivity contribution < 1.29 is 9.18 Å². The Morgan fingerprint density at radius 3 is 2.62 bits per heavy atom. The molecular formula is C21H20FN5O2. The molecule has 0 bridgehead atoms. The number of hydrogen-bond acceptors (Lipinski definition) is 5. The molecule has 3 rings (SSSR count). The van der Waals surface area contributed by atoms with Gasteiger partial charge in [-0.1, -0.05) is 6.92 Å². The van der Waals surface area contributed by atoms with Gasteiger partial charge in [-0.25, -0.2) is 14.4 Å². The Balaban J connectivity index is 1.89. The van der Waals surface area contributed by atoms with Crippen LogP contribution < -0.4 is 10.9 Å². The van der Waals surface area contributed by atoms with Crippen LogP contribution in [-0.2, 0) is 17.6 Å². The van der Waals surface area contributed by atoms with Crippen LogP contribution in [0.15, 0.2) is 29.3 Å².